The SMILES string of the molecule is C=C/C=C\c1cccc(S(=C)Nc2cc3c(c4ccccc24)N(C)C2=CCCC=C2SC(=C)S3)c1C. The fourth-order valence-electron chi connectivity index (χ4n) is 4.70. The van der Waals surface area contributed by atoms with Crippen molar-refractivity contribution < 1.29 is 0 Å². The summed E-state index contributed by atoms with van der Waals surface area (Å²) in [6, 6.07) is 17.4. The Bertz CT molecular complexity index is 1490. The molecule has 182 valence electrons. The van der Waals surface area contributed by atoms with Crippen molar-refractivity contribution in [2.75, 3.05) is 16.7 Å². The van der Waals surface area contributed by atoms with Gasteiger partial charge in [-0.3, -0.25) is 0 Å². The average Bonchev–Trinajstić information content (AvgIpc) is 2.87. The van der Waals surface area contributed by atoms with Gasteiger partial charge >= 0.3 is 0 Å². The molecule has 0 fully saturated rings. The van der Waals surface area contributed by atoms with Crippen molar-refractivity contribution >= 4 is 68.3 Å². The molecule has 1 N–H and O–H groups in total. The summed E-state index contributed by atoms with van der Waals surface area (Å²) in [7, 11) is 1.76. The van der Waals surface area contributed by atoms with Crippen molar-refractivity contribution in [3.63, 3.8) is 0 Å². The zero-order valence-corrected chi connectivity index (χ0v) is 23.2. The first kappa shape index (κ1) is 24.8. The van der Waals surface area contributed by atoms with Gasteiger partial charge in [0.15, 0.2) is 0 Å². The molecule has 1 aliphatic heterocycles. The summed E-state index contributed by atoms with van der Waals surface area (Å²) in [6.07, 6.45) is 12.7. The number of likely N-dealkylation sites (N-methyl/N-ethyl adjacent to an activating group) is 1. The molecule has 1 aliphatic carbocycles. The van der Waals surface area contributed by atoms with Crippen molar-refractivity contribution in [1.82, 2.24) is 0 Å². The molecule has 0 spiro atoms. The van der Waals surface area contributed by atoms with E-state index in [1.165, 1.54) is 48.0 Å². The third-order valence-corrected chi connectivity index (χ3v) is 9.97. The molecule has 0 aromatic heterocycles. The minimum absolute atomic E-state index is 0.431. The van der Waals surface area contributed by atoms with Crippen LogP contribution >= 0.6 is 34.2 Å². The number of fused-ring (bicyclic) bond motifs is 4. The molecule has 5 heteroatoms. The van der Waals surface area contributed by atoms with Crippen molar-refractivity contribution in [1.29, 1.82) is 0 Å². The lowest BCUT2D eigenvalue weighted by Crippen LogP contribution is -2.20. The molecule has 2 nitrogen and oxygen atoms in total. The molecular formula is C31H30N2S3. The molecule has 1 atom stereocenters. The third-order valence-electron chi connectivity index (χ3n) is 6.45. The fraction of sp³-hybridized carbons (Fsp3) is 0.129. The van der Waals surface area contributed by atoms with E-state index in [4.69, 9.17) is 0 Å². The van der Waals surface area contributed by atoms with Crippen molar-refractivity contribution in [3.8, 4) is 0 Å². The van der Waals surface area contributed by atoms with E-state index >= 15 is 0 Å². The number of thioether (sulfide) groups is 2. The third kappa shape index (κ3) is 4.75. The van der Waals surface area contributed by atoms with Crippen LogP contribution in [-0.4, -0.2) is 12.9 Å². The Morgan fingerprint density at radius 3 is 2.61 bits per heavy atom. The number of allylic oxidation sites excluding steroid dienone is 4. The van der Waals surface area contributed by atoms with Crippen LogP contribution < -0.4 is 9.62 Å². The lowest BCUT2D eigenvalue weighted by atomic mass is 10.0. The number of rotatable bonds is 5. The highest BCUT2D eigenvalue weighted by molar-refractivity contribution is 8.24. The van der Waals surface area contributed by atoms with Crippen LogP contribution in [0.4, 0.5) is 11.4 Å². The smallest absolute Gasteiger partial charge is 0.0631 e. The Kier molecular flexibility index (Phi) is 7.33. The lowest BCUT2D eigenvalue weighted by molar-refractivity contribution is 0.974. The summed E-state index contributed by atoms with van der Waals surface area (Å²) in [6.45, 7) is 10.4. The van der Waals surface area contributed by atoms with Gasteiger partial charge in [0.25, 0.3) is 0 Å². The second-order valence-corrected chi connectivity index (χ2v) is 12.7. The highest BCUT2D eigenvalue weighted by atomic mass is 32.2. The molecule has 3 aromatic rings. The van der Waals surface area contributed by atoms with E-state index in [0.29, 0.717) is 0 Å². The number of hydrogen-bond donors (Lipinski definition) is 1. The van der Waals surface area contributed by atoms with Crippen molar-refractivity contribution in [2.24, 2.45) is 0 Å². The highest BCUT2D eigenvalue weighted by Gasteiger charge is 2.25. The summed E-state index contributed by atoms with van der Waals surface area (Å²) in [5.41, 5.74) is 6.03. The first-order valence-corrected chi connectivity index (χ1v) is 14.9. The standard InChI is InChI=1S/C31H30N2S3/c1-6-7-13-23-14-12-19-30(21(23)2)36(5)32-26-20-29-31(25-16-9-8-15-24(25)26)33(4)27-17-10-11-18-28(27)34-22(3)35-29/h6-9,12-20,32H,1,3,5,10-11H2,2,4H3/b13-7-. The topological polar surface area (TPSA) is 15.3 Å². The van der Waals surface area contributed by atoms with Gasteiger partial charge in [-0.1, -0.05) is 120 Å². The van der Waals surface area contributed by atoms with Crippen LogP contribution in [0.2, 0.25) is 0 Å². The minimum Gasteiger partial charge on any atom is -0.343 e. The number of benzene rings is 3. The lowest BCUT2D eigenvalue weighted by Gasteiger charge is -2.32. The fourth-order valence-corrected chi connectivity index (χ4v) is 8.22. The first-order valence-electron chi connectivity index (χ1n) is 11.9. The Morgan fingerprint density at radius 2 is 1.81 bits per heavy atom. The van der Waals surface area contributed by atoms with Gasteiger partial charge in [-0.2, -0.15) is 0 Å². The largest absolute Gasteiger partial charge is 0.343 e. The average molecular weight is 527 g/mol. The van der Waals surface area contributed by atoms with Gasteiger partial charge in [-0.05, 0) is 43.0 Å². The maximum absolute atomic E-state index is 4.54. The molecule has 3 aromatic carbocycles. The van der Waals surface area contributed by atoms with Crippen molar-refractivity contribution in [2.45, 2.75) is 29.6 Å². The molecule has 0 radical (unpaired) electrons. The molecule has 1 unspecified atom stereocenters. The maximum atomic E-state index is 4.54. The summed E-state index contributed by atoms with van der Waals surface area (Å²) in [4.78, 5) is 6.09. The van der Waals surface area contributed by atoms with Gasteiger partial charge in [-0.15, -0.1) is 0 Å². The zero-order valence-electron chi connectivity index (χ0n) is 20.7. The Labute approximate surface area is 225 Å². The highest BCUT2D eigenvalue weighted by Crippen LogP contribution is 2.52. The number of hydrogen-bond acceptors (Lipinski definition) is 4. The number of nitrogens with one attached hydrogen (secondary N) is 1. The monoisotopic (exact) mass is 526 g/mol. The van der Waals surface area contributed by atoms with Crippen molar-refractivity contribution in [3.05, 3.63) is 112 Å². The van der Waals surface area contributed by atoms with Crippen LogP contribution in [0.25, 0.3) is 16.8 Å². The van der Waals surface area contributed by atoms with E-state index in [1.807, 2.05) is 6.08 Å². The van der Waals surface area contributed by atoms with E-state index in [9.17, 15) is 0 Å². The zero-order chi connectivity index (χ0) is 25.2. The van der Waals surface area contributed by atoms with Gasteiger partial charge in [-0.25, -0.2) is 0 Å². The molecular weight excluding hydrogens is 497 g/mol. The first-order chi connectivity index (χ1) is 17.5. The molecule has 0 amide bonds. The molecule has 36 heavy (non-hydrogen) atoms. The molecule has 0 bridgehead atoms. The predicted molar refractivity (Wildman–Crippen MR) is 167 cm³/mol. The molecule has 1 heterocycles. The molecule has 2 aliphatic rings. The van der Waals surface area contributed by atoms with E-state index < -0.39 is 10.7 Å². The quantitative estimate of drug-likeness (QED) is 0.263. The summed E-state index contributed by atoms with van der Waals surface area (Å²) >= 11 is 3.53. The summed E-state index contributed by atoms with van der Waals surface area (Å²) in [5, 5.41) is 2.43. The van der Waals surface area contributed by atoms with Gasteiger partial charge in [0.1, 0.15) is 0 Å². The molecule has 0 saturated heterocycles. The van der Waals surface area contributed by atoms with Gasteiger partial charge in [0, 0.05) is 36.8 Å². The second kappa shape index (κ2) is 10.6. The van der Waals surface area contributed by atoms with Gasteiger partial charge in [0.05, 0.1) is 17.1 Å². The maximum Gasteiger partial charge on any atom is 0.0631 e. The van der Waals surface area contributed by atoms with E-state index in [-0.39, 0.29) is 0 Å². The molecule has 0 saturated carbocycles. The van der Waals surface area contributed by atoms with E-state index in [2.05, 4.69) is 109 Å². The number of anilines is 2. The van der Waals surface area contributed by atoms with Crippen LogP contribution in [-0.2, 0) is 0 Å². The summed E-state index contributed by atoms with van der Waals surface area (Å²) in [5.74, 6) is 4.54. The minimum atomic E-state index is -0.431. The molecule has 5 rings (SSSR count). The normalized spacial score (nSPS) is 16.5. The van der Waals surface area contributed by atoms with Crippen LogP contribution in [0.5, 0.6) is 0 Å². The van der Waals surface area contributed by atoms with Crippen LogP contribution in [0.3, 0.4) is 0 Å². The summed E-state index contributed by atoms with van der Waals surface area (Å²) < 4.78 is 4.87. The van der Waals surface area contributed by atoms with Gasteiger partial charge < -0.3 is 9.62 Å². The van der Waals surface area contributed by atoms with E-state index in [1.54, 1.807) is 29.6 Å². The van der Waals surface area contributed by atoms with E-state index in [0.717, 1.165) is 22.8 Å². The van der Waals surface area contributed by atoms with Crippen LogP contribution in [0.1, 0.15) is 24.0 Å². The number of nitrogens with zero attached hydrogens (tertiary/aromatic N) is 1. The predicted octanol–water partition coefficient (Wildman–Crippen LogP) is 9.74. The Balaban J connectivity index is 1.61. The second-order valence-electron chi connectivity index (χ2n) is 8.74. The Morgan fingerprint density at radius 1 is 1.03 bits per heavy atom. The van der Waals surface area contributed by atoms with Crippen LogP contribution in [0.15, 0.2) is 111 Å². The van der Waals surface area contributed by atoms with Crippen LogP contribution in [0, 0.1) is 6.92 Å². The Hall–Kier alpha value is -2.86. The van der Waals surface area contributed by atoms with Gasteiger partial charge in [0.2, 0.25) is 0 Å².